The Morgan fingerprint density at radius 3 is 2.24 bits per heavy atom. The van der Waals surface area contributed by atoms with Crippen LogP contribution < -0.4 is 16.4 Å². The van der Waals surface area contributed by atoms with Crippen molar-refractivity contribution in [2.75, 3.05) is 33.1 Å². The molecule has 0 unspecified atom stereocenters. The second-order valence-electron chi connectivity index (χ2n) is 11.8. The van der Waals surface area contributed by atoms with E-state index in [0.29, 0.717) is 22.4 Å². The molecule has 0 saturated heterocycles. The van der Waals surface area contributed by atoms with E-state index in [4.69, 9.17) is 11.5 Å². The average Bonchev–Trinajstić information content (AvgIpc) is 2.89. The van der Waals surface area contributed by atoms with E-state index in [2.05, 4.69) is 5.18 Å². The highest BCUT2D eigenvalue weighted by Crippen LogP contribution is 2.55. The highest BCUT2D eigenvalue weighted by molar-refractivity contribution is 6.25. The zero-order valence-electron chi connectivity index (χ0n) is 23.9. The molecule has 0 aliphatic heterocycles. The summed E-state index contributed by atoms with van der Waals surface area (Å²) in [6.07, 6.45) is -0.313. The molecular formula is C30H33N5O7. The van der Waals surface area contributed by atoms with E-state index in [9.17, 15) is 34.6 Å². The maximum atomic E-state index is 14.4. The van der Waals surface area contributed by atoms with Gasteiger partial charge in [0, 0.05) is 36.8 Å². The molecule has 42 heavy (non-hydrogen) atoms. The number of benzene rings is 2. The van der Waals surface area contributed by atoms with Gasteiger partial charge in [-0.1, -0.05) is 29.8 Å². The van der Waals surface area contributed by atoms with Crippen molar-refractivity contribution in [2.45, 2.75) is 36.9 Å². The van der Waals surface area contributed by atoms with Crippen molar-refractivity contribution >= 4 is 23.2 Å². The van der Waals surface area contributed by atoms with Gasteiger partial charge >= 0.3 is 0 Å². The topological polar surface area (TPSA) is 200 Å². The van der Waals surface area contributed by atoms with Crippen LogP contribution in [0, 0.1) is 17.7 Å². The van der Waals surface area contributed by atoms with Crippen LogP contribution in [-0.2, 0) is 16.0 Å². The maximum absolute atomic E-state index is 14.4. The van der Waals surface area contributed by atoms with E-state index in [1.165, 1.54) is 4.90 Å². The van der Waals surface area contributed by atoms with E-state index in [0.717, 1.165) is 5.56 Å². The van der Waals surface area contributed by atoms with Crippen LogP contribution >= 0.6 is 0 Å². The van der Waals surface area contributed by atoms with E-state index in [1.807, 2.05) is 19.1 Å². The lowest BCUT2D eigenvalue weighted by atomic mass is 9.55. The summed E-state index contributed by atoms with van der Waals surface area (Å²) in [6.45, 7) is 1.92. The number of fused-ring (bicyclic) bond motifs is 3. The van der Waals surface area contributed by atoms with Crippen molar-refractivity contribution in [1.82, 2.24) is 4.90 Å². The molecular weight excluding hydrogens is 542 g/mol. The molecule has 0 aromatic heterocycles. The Hall–Kier alpha value is -4.39. The number of primary amides is 1. The van der Waals surface area contributed by atoms with Gasteiger partial charge in [0.15, 0.2) is 11.4 Å². The number of phenolic OH excluding ortho intramolecular Hbond substituents is 1. The molecule has 3 aliphatic rings. The summed E-state index contributed by atoms with van der Waals surface area (Å²) < 4.78 is 0. The standard InChI is InChI=1S/C30H33N5O7/c1-13-6-8-14(9-7-13)15-10-18(34(2)3)16-11-29(32)12-17-22(35(4)5)25(38)20(28(31)40)27(39)30(17,41)26(33-42)21(29)24(37)19(16)23(15)36/h6-10,17,22,36,38,41H,11-12,32H2,1-5H3,(H2,31,40)/t17-,22-,29+,30-/m0/s1. The van der Waals surface area contributed by atoms with E-state index in [-0.39, 0.29) is 24.2 Å². The summed E-state index contributed by atoms with van der Waals surface area (Å²) in [5, 5.41) is 37.5. The second-order valence-corrected chi connectivity index (χ2v) is 11.8. The zero-order valence-corrected chi connectivity index (χ0v) is 23.9. The molecule has 5 rings (SSSR count). The van der Waals surface area contributed by atoms with Gasteiger partial charge in [-0.05, 0) is 56.2 Å². The molecule has 0 radical (unpaired) electrons. The number of aromatic hydroxyl groups is 1. The first-order chi connectivity index (χ1) is 19.6. The first-order valence-corrected chi connectivity index (χ1v) is 13.3. The number of rotatable bonds is 5. The zero-order chi connectivity index (χ0) is 31.0. The molecule has 2 aromatic rings. The first-order valence-electron chi connectivity index (χ1n) is 13.3. The van der Waals surface area contributed by atoms with Gasteiger partial charge in [0.05, 0.1) is 17.1 Å². The van der Waals surface area contributed by atoms with E-state index in [1.54, 1.807) is 51.3 Å². The lowest BCUT2D eigenvalue weighted by Gasteiger charge is -2.53. The number of amides is 1. The maximum Gasteiger partial charge on any atom is 0.255 e. The highest BCUT2D eigenvalue weighted by Gasteiger charge is 2.66. The number of Topliss-reactive ketones (excluding diaryl/α,β-unsaturated/α-hetero) is 2. The monoisotopic (exact) mass is 575 g/mol. The molecule has 1 amide bonds. The van der Waals surface area contributed by atoms with E-state index >= 15 is 0 Å². The number of ketones is 2. The van der Waals surface area contributed by atoms with Crippen LogP contribution in [0.25, 0.3) is 11.1 Å². The summed E-state index contributed by atoms with van der Waals surface area (Å²) in [5.74, 6) is -5.82. The summed E-state index contributed by atoms with van der Waals surface area (Å²) in [5.41, 5.74) is 8.60. The Morgan fingerprint density at radius 1 is 1.10 bits per heavy atom. The number of nitroso groups, excluding NO2 is 1. The fourth-order valence-corrected chi connectivity index (χ4v) is 6.87. The van der Waals surface area contributed by atoms with Crippen LogP contribution in [-0.4, -0.2) is 83.1 Å². The normalized spacial score (nSPS) is 27.0. The number of likely N-dealkylation sites (N-methyl/N-ethyl adjacent to an activating group) is 1. The van der Waals surface area contributed by atoms with Gasteiger partial charge in [-0.2, -0.15) is 0 Å². The number of phenols is 1. The number of carbonyl (C=O) groups is 3. The second kappa shape index (κ2) is 9.58. The molecule has 7 N–H and O–H groups in total. The van der Waals surface area contributed by atoms with Gasteiger partial charge in [0.2, 0.25) is 5.78 Å². The number of hydrogen-bond donors (Lipinski definition) is 5. The average molecular weight is 576 g/mol. The van der Waals surface area contributed by atoms with Crippen LogP contribution in [0.2, 0.25) is 0 Å². The molecule has 2 aromatic carbocycles. The highest BCUT2D eigenvalue weighted by atomic mass is 16.3. The molecule has 4 atom stereocenters. The van der Waals surface area contributed by atoms with Crippen molar-refractivity contribution in [3.8, 4) is 16.9 Å². The molecule has 0 fully saturated rings. The van der Waals surface area contributed by atoms with Crippen molar-refractivity contribution < 1.29 is 29.7 Å². The van der Waals surface area contributed by atoms with Gasteiger partial charge < -0.3 is 31.7 Å². The number of nitrogens with zero attached hydrogens (tertiary/aromatic N) is 3. The number of aliphatic hydroxyl groups is 2. The third-order valence-corrected chi connectivity index (χ3v) is 8.78. The Kier molecular flexibility index (Phi) is 6.64. The number of hydrogen-bond acceptors (Lipinski definition) is 11. The molecule has 0 saturated carbocycles. The number of carbonyl (C=O) groups excluding carboxylic acids is 3. The van der Waals surface area contributed by atoms with Crippen LogP contribution in [0.15, 0.2) is 58.1 Å². The van der Waals surface area contributed by atoms with Crippen LogP contribution in [0.4, 0.5) is 5.69 Å². The van der Waals surface area contributed by atoms with Gasteiger partial charge in [0.1, 0.15) is 22.8 Å². The minimum Gasteiger partial charge on any atom is -0.510 e. The third-order valence-electron chi connectivity index (χ3n) is 8.78. The first kappa shape index (κ1) is 29.1. The Morgan fingerprint density at radius 2 is 1.71 bits per heavy atom. The van der Waals surface area contributed by atoms with Gasteiger partial charge in [-0.15, -0.1) is 4.91 Å². The van der Waals surface area contributed by atoms with Gasteiger partial charge in [-0.25, -0.2) is 0 Å². The Balaban J connectivity index is 1.83. The lowest BCUT2D eigenvalue weighted by Crippen LogP contribution is -2.68. The minimum atomic E-state index is -2.80. The minimum absolute atomic E-state index is 0.0637. The van der Waals surface area contributed by atoms with Crippen LogP contribution in [0.1, 0.15) is 27.9 Å². The largest absolute Gasteiger partial charge is 0.510 e. The van der Waals surface area contributed by atoms with Crippen LogP contribution in [0.3, 0.4) is 0 Å². The third kappa shape index (κ3) is 3.82. The Labute approximate surface area is 241 Å². The molecule has 0 heterocycles. The molecule has 3 aliphatic carbocycles. The molecule has 12 heteroatoms. The summed E-state index contributed by atoms with van der Waals surface area (Å²) in [7, 11) is 6.64. The van der Waals surface area contributed by atoms with Gasteiger partial charge in [0.25, 0.3) is 5.91 Å². The molecule has 220 valence electrons. The lowest BCUT2D eigenvalue weighted by molar-refractivity contribution is -0.144. The number of nitrogens with two attached hydrogens (primary N) is 2. The molecule has 0 bridgehead atoms. The summed E-state index contributed by atoms with van der Waals surface area (Å²) in [4.78, 5) is 56.1. The SMILES string of the molecule is Cc1ccc(-c2cc(N(C)C)c3c(c2O)C(=O)C2=C(N=O)[C@]4(O)C(=O)C(C(N)=O)=C(O)[C@@H](N(C)C)[C@@H]4C[C@]2(N)C3)cc1. The predicted molar refractivity (Wildman–Crippen MR) is 155 cm³/mol. The van der Waals surface area contributed by atoms with E-state index < -0.39 is 63.2 Å². The number of aliphatic hydroxyl groups excluding tert-OH is 1. The van der Waals surface area contributed by atoms with Crippen molar-refractivity contribution in [1.29, 1.82) is 0 Å². The molecule has 0 spiro atoms. The number of aryl methyl sites for hydroxylation is 1. The summed E-state index contributed by atoms with van der Waals surface area (Å²) in [6, 6.07) is 7.90. The van der Waals surface area contributed by atoms with Crippen molar-refractivity contribution in [3.63, 3.8) is 0 Å². The van der Waals surface area contributed by atoms with Gasteiger partial charge in [-0.3, -0.25) is 19.3 Å². The summed E-state index contributed by atoms with van der Waals surface area (Å²) >= 11 is 0. The fraction of sp³-hybridized carbons (Fsp3) is 0.367. The van der Waals surface area contributed by atoms with Crippen LogP contribution in [0.5, 0.6) is 5.75 Å². The Bertz CT molecular complexity index is 1640. The van der Waals surface area contributed by atoms with Crippen molar-refractivity contribution in [2.24, 2.45) is 22.6 Å². The fourth-order valence-electron chi connectivity index (χ4n) is 6.87. The van der Waals surface area contributed by atoms with Crippen molar-refractivity contribution in [3.05, 3.63) is 74.5 Å². The smallest absolute Gasteiger partial charge is 0.255 e. The molecule has 12 nitrogen and oxygen atoms in total. The predicted octanol–water partition coefficient (Wildman–Crippen LogP) is 1.45. The quantitative estimate of drug-likeness (QED) is 0.257. The number of anilines is 1.